The summed E-state index contributed by atoms with van der Waals surface area (Å²) >= 11 is 0. The van der Waals surface area contributed by atoms with Crippen LogP contribution in [0.25, 0.3) is 0 Å². The number of hydrogen-bond acceptors (Lipinski definition) is 3. The minimum atomic E-state index is -3.46. The lowest BCUT2D eigenvalue weighted by molar-refractivity contribution is -0.129. The average molecular weight is 353 g/mol. The van der Waals surface area contributed by atoms with Crippen LogP contribution in [0.5, 0.6) is 0 Å². The molecule has 1 fully saturated rings. The topological polar surface area (TPSA) is 66.5 Å². The molecule has 1 amide bonds. The van der Waals surface area contributed by atoms with Gasteiger partial charge in [-0.3, -0.25) is 4.79 Å². The second-order valence-corrected chi connectivity index (χ2v) is 9.59. The number of nitrogens with zero attached hydrogens (tertiary/aromatic N) is 1. The molecular weight excluding hydrogens is 324 g/mol. The van der Waals surface area contributed by atoms with Gasteiger partial charge in [-0.1, -0.05) is 26.8 Å². The summed E-state index contributed by atoms with van der Waals surface area (Å²) in [6, 6.07) is 5.30. The Morgan fingerprint density at radius 3 is 2.21 bits per heavy atom. The standard InChI is InChI=1S/C18H28N2O3S/c1-13-6-7-16(12-14(13)2)24(22,23)20-10-8-15(9-11-20)19-17(21)18(3,4)5/h6-7,12,15H,8-11H2,1-5H3,(H,19,21). The Hall–Kier alpha value is -1.40. The van der Waals surface area contributed by atoms with Crippen molar-refractivity contribution < 1.29 is 13.2 Å². The minimum Gasteiger partial charge on any atom is -0.353 e. The van der Waals surface area contributed by atoms with Gasteiger partial charge in [-0.25, -0.2) is 8.42 Å². The highest BCUT2D eigenvalue weighted by atomic mass is 32.2. The number of rotatable bonds is 3. The normalized spacial score (nSPS) is 17.7. The average Bonchev–Trinajstić information content (AvgIpc) is 2.49. The van der Waals surface area contributed by atoms with E-state index >= 15 is 0 Å². The third-order valence-electron chi connectivity index (χ3n) is 4.59. The predicted octanol–water partition coefficient (Wildman–Crippen LogP) is 2.62. The van der Waals surface area contributed by atoms with Crippen LogP contribution in [0.1, 0.15) is 44.7 Å². The highest BCUT2D eigenvalue weighted by Crippen LogP contribution is 2.23. The third kappa shape index (κ3) is 4.16. The van der Waals surface area contributed by atoms with Crippen molar-refractivity contribution in [3.63, 3.8) is 0 Å². The maximum Gasteiger partial charge on any atom is 0.243 e. The van der Waals surface area contributed by atoms with Crippen molar-refractivity contribution in [3.8, 4) is 0 Å². The Morgan fingerprint density at radius 2 is 1.71 bits per heavy atom. The van der Waals surface area contributed by atoms with Crippen LogP contribution in [-0.4, -0.2) is 37.8 Å². The van der Waals surface area contributed by atoms with E-state index in [9.17, 15) is 13.2 Å². The van der Waals surface area contributed by atoms with Crippen LogP contribution in [0, 0.1) is 19.3 Å². The molecule has 0 aliphatic carbocycles. The van der Waals surface area contributed by atoms with Crippen LogP contribution < -0.4 is 5.32 Å². The third-order valence-corrected chi connectivity index (χ3v) is 6.48. The zero-order valence-corrected chi connectivity index (χ0v) is 16.0. The van der Waals surface area contributed by atoms with E-state index in [0.29, 0.717) is 30.8 Å². The fraction of sp³-hybridized carbons (Fsp3) is 0.611. The van der Waals surface area contributed by atoms with E-state index in [-0.39, 0.29) is 11.9 Å². The molecule has 1 aromatic carbocycles. The van der Waals surface area contributed by atoms with Gasteiger partial charge in [0.2, 0.25) is 15.9 Å². The van der Waals surface area contributed by atoms with Gasteiger partial charge in [-0.2, -0.15) is 4.31 Å². The van der Waals surface area contributed by atoms with E-state index in [4.69, 9.17) is 0 Å². The van der Waals surface area contributed by atoms with Crippen LogP contribution in [0.2, 0.25) is 0 Å². The number of hydrogen-bond donors (Lipinski definition) is 1. The molecule has 24 heavy (non-hydrogen) atoms. The van der Waals surface area contributed by atoms with Crippen LogP contribution >= 0.6 is 0 Å². The van der Waals surface area contributed by atoms with Crippen molar-refractivity contribution in [3.05, 3.63) is 29.3 Å². The number of nitrogens with one attached hydrogen (secondary N) is 1. The zero-order valence-electron chi connectivity index (χ0n) is 15.2. The van der Waals surface area contributed by atoms with Crippen molar-refractivity contribution in [2.45, 2.75) is 58.4 Å². The van der Waals surface area contributed by atoms with Gasteiger partial charge >= 0.3 is 0 Å². The Labute approximate surface area is 145 Å². The van der Waals surface area contributed by atoms with Crippen LogP contribution in [0.15, 0.2) is 23.1 Å². The zero-order chi connectivity index (χ0) is 18.1. The maximum atomic E-state index is 12.8. The highest BCUT2D eigenvalue weighted by Gasteiger charge is 2.31. The van der Waals surface area contributed by atoms with E-state index in [1.165, 1.54) is 4.31 Å². The molecular formula is C18H28N2O3S. The first-order valence-electron chi connectivity index (χ1n) is 8.40. The lowest BCUT2D eigenvalue weighted by Crippen LogP contribution is -2.48. The predicted molar refractivity (Wildman–Crippen MR) is 95.3 cm³/mol. The SMILES string of the molecule is Cc1ccc(S(=O)(=O)N2CCC(NC(=O)C(C)(C)C)CC2)cc1C. The van der Waals surface area contributed by atoms with Crippen molar-refractivity contribution >= 4 is 15.9 Å². The first-order chi connectivity index (χ1) is 11.0. The minimum absolute atomic E-state index is 0.0120. The molecule has 1 aromatic rings. The Balaban J connectivity index is 2.03. The Bertz CT molecular complexity index is 712. The van der Waals surface area contributed by atoms with Crippen LogP contribution in [0.4, 0.5) is 0 Å². The van der Waals surface area contributed by atoms with Gasteiger partial charge in [-0.05, 0) is 49.9 Å². The first kappa shape index (κ1) is 18.9. The molecule has 1 N–H and O–H groups in total. The second-order valence-electron chi connectivity index (χ2n) is 7.65. The van der Waals surface area contributed by atoms with Crippen molar-refractivity contribution in [1.29, 1.82) is 0 Å². The van der Waals surface area contributed by atoms with Gasteiger partial charge in [0, 0.05) is 24.5 Å². The molecule has 0 unspecified atom stereocenters. The number of sulfonamides is 1. The van der Waals surface area contributed by atoms with Crippen molar-refractivity contribution in [2.24, 2.45) is 5.41 Å². The maximum absolute atomic E-state index is 12.8. The molecule has 2 rings (SSSR count). The summed E-state index contributed by atoms with van der Waals surface area (Å²) in [6.07, 6.45) is 1.29. The molecule has 0 bridgehead atoms. The van der Waals surface area contributed by atoms with Gasteiger partial charge in [0.1, 0.15) is 0 Å². The number of piperidine rings is 1. The first-order valence-corrected chi connectivity index (χ1v) is 9.84. The van der Waals surface area contributed by atoms with E-state index in [1.807, 2.05) is 40.7 Å². The van der Waals surface area contributed by atoms with Gasteiger partial charge in [-0.15, -0.1) is 0 Å². The summed E-state index contributed by atoms with van der Waals surface area (Å²) in [4.78, 5) is 12.4. The Kier molecular flexibility index (Phi) is 5.40. The smallest absolute Gasteiger partial charge is 0.243 e. The van der Waals surface area contributed by atoms with E-state index in [0.717, 1.165) is 11.1 Å². The number of amides is 1. The summed E-state index contributed by atoms with van der Waals surface area (Å²) in [6.45, 7) is 10.4. The van der Waals surface area contributed by atoms with Gasteiger partial charge in [0.25, 0.3) is 0 Å². The number of carbonyl (C=O) groups excluding carboxylic acids is 1. The number of benzene rings is 1. The molecule has 0 spiro atoms. The summed E-state index contributed by atoms with van der Waals surface area (Å²) < 4.78 is 27.1. The van der Waals surface area contributed by atoms with Gasteiger partial charge in [0.05, 0.1) is 4.90 Å². The van der Waals surface area contributed by atoms with Crippen molar-refractivity contribution in [2.75, 3.05) is 13.1 Å². The monoisotopic (exact) mass is 352 g/mol. The summed E-state index contributed by atoms with van der Waals surface area (Å²) in [5.74, 6) is 0.0120. The molecule has 134 valence electrons. The molecule has 1 saturated heterocycles. The largest absolute Gasteiger partial charge is 0.353 e. The number of carbonyl (C=O) groups is 1. The molecule has 0 atom stereocenters. The molecule has 6 heteroatoms. The molecule has 0 radical (unpaired) electrons. The highest BCUT2D eigenvalue weighted by molar-refractivity contribution is 7.89. The van der Waals surface area contributed by atoms with Crippen LogP contribution in [-0.2, 0) is 14.8 Å². The lowest BCUT2D eigenvalue weighted by Gasteiger charge is -2.33. The number of aryl methyl sites for hydroxylation is 2. The van der Waals surface area contributed by atoms with Gasteiger partial charge in [0.15, 0.2) is 0 Å². The Morgan fingerprint density at radius 1 is 1.12 bits per heavy atom. The molecule has 5 nitrogen and oxygen atoms in total. The molecule has 1 aliphatic heterocycles. The summed E-state index contributed by atoms with van der Waals surface area (Å²) in [7, 11) is -3.46. The second kappa shape index (κ2) is 6.84. The van der Waals surface area contributed by atoms with E-state index < -0.39 is 15.4 Å². The molecule has 1 aliphatic rings. The summed E-state index contributed by atoms with van der Waals surface area (Å²) in [5, 5.41) is 3.03. The quantitative estimate of drug-likeness (QED) is 0.909. The molecule has 0 aromatic heterocycles. The summed E-state index contributed by atoms with van der Waals surface area (Å²) in [5.41, 5.74) is 1.63. The molecule has 0 saturated carbocycles. The lowest BCUT2D eigenvalue weighted by atomic mass is 9.94. The van der Waals surface area contributed by atoms with Crippen molar-refractivity contribution in [1.82, 2.24) is 9.62 Å². The fourth-order valence-electron chi connectivity index (χ4n) is 2.67. The molecule has 1 heterocycles. The van der Waals surface area contributed by atoms with E-state index in [2.05, 4.69) is 5.32 Å². The van der Waals surface area contributed by atoms with E-state index in [1.54, 1.807) is 12.1 Å². The van der Waals surface area contributed by atoms with Gasteiger partial charge < -0.3 is 5.32 Å². The van der Waals surface area contributed by atoms with Crippen LogP contribution in [0.3, 0.4) is 0 Å². The fourth-order valence-corrected chi connectivity index (χ4v) is 4.22.